The van der Waals surface area contributed by atoms with Crippen molar-refractivity contribution in [3.8, 4) is 0 Å². The van der Waals surface area contributed by atoms with E-state index in [4.69, 9.17) is 11.5 Å². The molecule has 0 aromatic carbocycles. The van der Waals surface area contributed by atoms with Crippen molar-refractivity contribution in [1.82, 2.24) is 0 Å². The van der Waals surface area contributed by atoms with Gasteiger partial charge in [-0.3, -0.25) is 0 Å². The fourth-order valence-corrected chi connectivity index (χ4v) is 2.21. The van der Waals surface area contributed by atoms with E-state index in [1.807, 2.05) is 0 Å². The van der Waals surface area contributed by atoms with Crippen LogP contribution in [0.25, 0.3) is 23.8 Å². The van der Waals surface area contributed by atoms with Gasteiger partial charge in [-0.1, -0.05) is 64.2 Å². The molecule has 2 aliphatic carbocycles. The maximum Gasteiger partial charge on any atom is 0 e. The van der Waals surface area contributed by atoms with Gasteiger partial charge in [0.05, 0.1) is 0 Å². The molecular weight excluding hydrogens is 666 g/mol. The van der Waals surface area contributed by atoms with Crippen molar-refractivity contribution in [3.63, 3.8) is 0 Å². The van der Waals surface area contributed by atoms with Crippen molar-refractivity contribution in [3.05, 3.63) is 38.6 Å². The van der Waals surface area contributed by atoms with Gasteiger partial charge in [-0.15, -0.1) is 12.1 Å². The van der Waals surface area contributed by atoms with E-state index < -0.39 is 0 Å². The van der Waals surface area contributed by atoms with Gasteiger partial charge in [-0.25, -0.2) is 0 Å². The first-order valence-corrected chi connectivity index (χ1v) is 9.15. The van der Waals surface area contributed by atoms with Crippen LogP contribution in [0.1, 0.15) is 64.2 Å². The molecule has 0 amide bonds. The molecule has 0 spiro atoms. The molecule has 0 aliphatic heterocycles. The number of hydrogen-bond acceptors (Lipinski definition) is 0. The van der Waals surface area contributed by atoms with E-state index in [0.29, 0.717) is 0 Å². The maximum atomic E-state index is 7.27. The molecule has 151 valence electrons. The third-order valence-electron chi connectivity index (χ3n) is 3.21. The van der Waals surface area contributed by atoms with Gasteiger partial charge >= 0.3 is 28.2 Å². The summed E-state index contributed by atoms with van der Waals surface area (Å²) in [6, 6.07) is 0.572. The minimum Gasteiger partial charge on any atom is -0.693 e. The summed E-state index contributed by atoms with van der Waals surface area (Å²) < 4.78 is 0. The van der Waals surface area contributed by atoms with Crippen molar-refractivity contribution in [1.29, 1.82) is 0 Å². The summed E-state index contributed by atoms with van der Waals surface area (Å²) >= 11 is 1.61. The Balaban J connectivity index is -0.0000000295. The van der Waals surface area contributed by atoms with Gasteiger partial charge < -0.3 is 44.1 Å². The molecule has 8 heteroatoms. The minimum atomic E-state index is 0. The molecule has 2 saturated carbocycles. The van der Waals surface area contributed by atoms with Crippen molar-refractivity contribution in [2.24, 2.45) is 0 Å². The predicted octanol–water partition coefficient (Wildman–Crippen LogP) is 6.94. The Morgan fingerprint density at radius 3 is 0.909 bits per heavy atom. The molecule has 0 aromatic rings. The molecule has 22 heavy (non-hydrogen) atoms. The second-order valence-corrected chi connectivity index (χ2v) is 4.67. The molecule has 8 N–H and O–H groups in total. The number of nitrogens with two attached hydrogens (primary N) is 2. The smallest absolute Gasteiger partial charge is 0 e. The summed E-state index contributed by atoms with van der Waals surface area (Å²) in [5.74, 6) is 0. The summed E-state index contributed by atoms with van der Waals surface area (Å²) in [6.45, 7) is 0. The van der Waals surface area contributed by atoms with E-state index in [-0.39, 0.29) is 65.8 Å². The van der Waals surface area contributed by atoms with Crippen LogP contribution < -0.4 is 0 Å². The third kappa shape index (κ3) is 29.5. The first kappa shape index (κ1) is 43.7. The first-order chi connectivity index (χ1) is 7.79. The minimum absolute atomic E-state index is 0. The van der Waals surface area contributed by atoms with Gasteiger partial charge in [0.15, 0.2) is 0 Å². The van der Waals surface area contributed by atoms with E-state index in [9.17, 15) is 0 Å². The van der Waals surface area contributed by atoms with Crippen LogP contribution in [0.4, 0.5) is 0 Å². The van der Waals surface area contributed by atoms with Crippen LogP contribution >= 0.6 is 9.42 Å². The molecule has 0 atom stereocenters. The molecule has 0 radical (unpaired) electrons. The second-order valence-electron chi connectivity index (χ2n) is 4.67. The second kappa shape index (κ2) is 33.9. The zero-order valence-electron chi connectivity index (χ0n) is 13.9. The van der Waals surface area contributed by atoms with Gasteiger partial charge in [0, 0.05) is 21.1 Å². The fraction of sp³-hybridized carbons (Fsp3) is 0.857. The fourth-order valence-electron chi connectivity index (χ4n) is 2.21. The predicted molar refractivity (Wildman–Crippen MR) is 95.3 cm³/mol. The Kier molecular flexibility index (Phi) is 67.4. The van der Waals surface area contributed by atoms with Crippen LogP contribution in [-0.2, 0) is 39.8 Å². The van der Waals surface area contributed by atoms with Crippen LogP contribution in [0.3, 0.4) is 0 Å². The standard InChI is InChI=1S/2C6H12N.2CH3.ClH.2H2N.H2O.2Pt/c2*7-6-4-2-1-3-5-6;;;;;;;;/h2*6-7H,1-5H2;2*1H3;1H;3*1H2;;/q4*-1;;2*-1;;;+1/p-1. The Bertz CT molecular complexity index is 135. The van der Waals surface area contributed by atoms with Gasteiger partial charge in [0.1, 0.15) is 0 Å². The average Bonchev–Trinajstić information content (AvgIpc) is 2.34. The van der Waals surface area contributed by atoms with Gasteiger partial charge in [0.2, 0.25) is 0 Å². The van der Waals surface area contributed by atoms with E-state index in [1.54, 1.807) is 18.8 Å². The monoisotopic (exact) mass is 701 g/mol. The van der Waals surface area contributed by atoms with Crippen molar-refractivity contribution >= 4 is 9.42 Å². The number of halogens is 1. The number of hydrogen-bond donors (Lipinski definition) is 0. The Morgan fingerprint density at radius 1 is 0.636 bits per heavy atom. The third-order valence-corrected chi connectivity index (χ3v) is 3.21. The molecule has 5 nitrogen and oxygen atoms in total. The van der Waals surface area contributed by atoms with Crippen molar-refractivity contribution in [2.45, 2.75) is 76.3 Å². The van der Waals surface area contributed by atoms with E-state index in [0.717, 1.165) is 25.7 Å². The molecule has 0 saturated heterocycles. The Morgan fingerprint density at radius 2 is 0.818 bits per heavy atom. The molecule has 2 fully saturated rings. The molecule has 0 bridgehead atoms. The van der Waals surface area contributed by atoms with Crippen LogP contribution in [-0.4, -0.2) is 17.6 Å². The summed E-state index contributed by atoms with van der Waals surface area (Å²) in [5.41, 5.74) is 14.5. The van der Waals surface area contributed by atoms with E-state index in [2.05, 4.69) is 9.42 Å². The molecule has 2 rings (SSSR count). The van der Waals surface area contributed by atoms with Gasteiger partial charge in [-0.05, 0) is 0 Å². The van der Waals surface area contributed by atoms with Crippen LogP contribution in [0.5, 0.6) is 0 Å². The number of rotatable bonds is 0. The molecule has 2 aliphatic rings. The average molecular weight is 702 g/mol. The zero-order valence-corrected chi connectivity index (χ0v) is 19.2. The zero-order chi connectivity index (χ0) is 12.2. The molecular formula is C14H36ClN4OPt2-6. The Labute approximate surface area is 169 Å². The molecule has 0 unspecified atom stereocenters. The summed E-state index contributed by atoms with van der Waals surface area (Å²) in [4.78, 5) is 0. The Hall–Kier alpha value is 1.47. The van der Waals surface area contributed by atoms with E-state index in [1.165, 1.54) is 38.5 Å². The topological polar surface area (TPSA) is 146 Å². The quantitative estimate of drug-likeness (QED) is 0.241. The van der Waals surface area contributed by atoms with Crippen LogP contribution in [0, 0.1) is 14.9 Å². The SMILES string of the molecule is O.[CH3-].[CH3-].[Cl][Pt].[NH-]C1CCCCC1.[NH-]C1CCCCC1.[NH2-].[NH2-].[Pt]. The van der Waals surface area contributed by atoms with Crippen LogP contribution in [0.2, 0.25) is 0 Å². The largest absolute Gasteiger partial charge is 0.693 e. The van der Waals surface area contributed by atoms with Crippen LogP contribution in [0.15, 0.2) is 0 Å². The van der Waals surface area contributed by atoms with Gasteiger partial charge in [0.25, 0.3) is 0 Å². The number of nitrogens with one attached hydrogen (secondary N) is 2. The molecule has 0 heterocycles. The molecule has 0 aromatic heterocycles. The van der Waals surface area contributed by atoms with Crippen molar-refractivity contribution in [2.75, 3.05) is 0 Å². The summed E-state index contributed by atoms with van der Waals surface area (Å²) in [6.07, 6.45) is 12.6. The van der Waals surface area contributed by atoms with Crippen molar-refractivity contribution < 1.29 is 45.3 Å². The summed E-state index contributed by atoms with van der Waals surface area (Å²) in [7, 11) is 4.61. The maximum absolute atomic E-state index is 7.27. The normalized spacial score (nSPS) is 16.4. The summed E-state index contributed by atoms with van der Waals surface area (Å²) in [5, 5.41) is 0. The van der Waals surface area contributed by atoms with E-state index >= 15 is 0 Å². The van der Waals surface area contributed by atoms with Gasteiger partial charge in [-0.2, -0.15) is 0 Å². The first-order valence-electron chi connectivity index (χ1n) is 6.33.